The van der Waals surface area contributed by atoms with E-state index in [1.807, 2.05) is 18.2 Å². The highest BCUT2D eigenvalue weighted by Crippen LogP contribution is 2.25. The van der Waals surface area contributed by atoms with E-state index in [2.05, 4.69) is 4.72 Å². The third-order valence-electron chi connectivity index (χ3n) is 3.56. The van der Waals surface area contributed by atoms with Crippen LogP contribution in [0.5, 0.6) is 0 Å². The average molecular weight is 346 g/mol. The van der Waals surface area contributed by atoms with Crippen molar-refractivity contribution < 1.29 is 17.8 Å². The van der Waals surface area contributed by atoms with E-state index in [9.17, 15) is 18.5 Å². The van der Waals surface area contributed by atoms with E-state index in [-0.39, 0.29) is 10.6 Å². The Bertz CT molecular complexity index is 960. The second-order valence-corrected chi connectivity index (χ2v) is 6.99. The molecule has 124 valence electrons. The molecule has 1 aromatic heterocycles. The van der Waals surface area contributed by atoms with E-state index in [0.717, 1.165) is 17.5 Å². The highest BCUT2D eigenvalue weighted by molar-refractivity contribution is 7.89. The van der Waals surface area contributed by atoms with Gasteiger partial charge in [0.15, 0.2) is 0 Å². The number of nitrogens with one attached hydrogen (secondary N) is 1. The molecule has 0 spiro atoms. The van der Waals surface area contributed by atoms with Crippen LogP contribution in [0.15, 0.2) is 63.9 Å². The van der Waals surface area contributed by atoms with Crippen molar-refractivity contribution in [2.75, 3.05) is 0 Å². The minimum atomic E-state index is -3.82. The summed E-state index contributed by atoms with van der Waals surface area (Å²) in [5.74, 6) is 0.488. The Morgan fingerprint density at radius 1 is 1.12 bits per heavy atom. The van der Waals surface area contributed by atoms with Gasteiger partial charge >= 0.3 is 0 Å². The molecule has 0 fully saturated rings. The quantitative estimate of drug-likeness (QED) is 0.563. The molecule has 2 aromatic carbocycles. The fourth-order valence-corrected chi connectivity index (χ4v) is 3.53. The van der Waals surface area contributed by atoms with Crippen molar-refractivity contribution in [3.63, 3.8) is 0 Å². The number of nitrogens with zero attached hydrogens (tertiary/aromatic N) is 1. The van der Waals surface area contributed by atoms with Crippen LogP contribution in [0.3, 0.4) is 0 Å². The summed E-state index contributed by atoms with van der Waals surface area (Å²) in [6.07, 6.45) is 0. The Labute approximate surface area is 138 Å². The lowest BCUT2D eigenvalue weighted by Crippen LogP contribution is -2.26. The van der Waals surface area contributed by atoms with Crippen molar-refractivity contribution in [1.82, 2.24) is 4.72 Å². The van der Waals surface area contributed by atoms with E-state index < -0.39 is 21.0 Å². The summed E-state index contributed by atoms with van der Waals surface area (Å²) in [5.41, 5.74) is 0.508. The topological polar surface area (TPSA) is 102 Å². The lowest BCUT2D eigenvalue weighted by Gasteiger charge is -2.11. The second kappa shape index (κ2) is 6.06. The van der Waals surface area contributed by atoms with Gasteiger partial charge in [-0.25, -0.2) is 13.1 Å². The summed E-state index contributed by atoms with van der Waals surface area (Å²) in [7, 11) is -3.82. The molecule has 1 heterocycles. The van der Waals surface area contributed by atoms with Gasteiger partial charge in [0.2, 0.25) is 10.0 Å². The predicted octanol–water partition coefficient (Wildman–Crippen LogP) is 3.38. The molecule has 8 heteroatoms. The number of fused-ring (bicyclic) bond motifs is 1. The molecule has 0 saturated heterocycles. The number of hydrogen-bond acceptors (Lipinski definition) is 5. The van der Waals surface area contributed by atoms with Crippen LogP contribution in [0, 0.1) is 10.1 Å². The highest BCUT2D eigenvalue weighted by Gasteiger charge is 2.21. The second-order valence-electron chi connectivity index (χ2n) is 5.28. The van der Waals surface area contributed by atoms with E-state index >= 15 is 0 Å². The number of para-hydroxylation sites is 1. The average Bonchev–Trinajstić information content (AvgIpc) is 2.99. The lowest BCUT2D eigenvalue weighted by molar-refractivity contribution is -0.384. The Morgan fingerprint density at radius 3 is 2.42 bits per heavy atom. The maximum Gasteiger partial charge on any atom is 0.269 e. The van der Waals surface area contributed by atoms with E-state index in [0.29, 0.717) is 11.3 Å². The van der Waals surface area contributed by atoms with Crippen molar-refractivity contribution in [3.8, 4) is 0 Å². The number of nitro groups is 1. The van der Waals surface area contributed by atoms with Gasteiger partial charge in [-0.15, -0.1) is 0 Å². The number of benzene rings is 2. The van der Waals surface area contributed by atoms with Gasteiger partial charge in [0.25, 0.3) is 5.69 Å². The summed E-state index contributed by atoms with van der Waals surface area (Å²) >= 11 is 0. The molecule has 3 aromatic rings. The standard InChI is InChI=1S/C16H14N2O5S/c1-11(16-10-12-4-2-3-5-15(12)23-16)17-24(21,22)14-8-6-13(7-9-14)18(19)20/h2-11,17H,1H3. The molecule has 0 saturated carbocycles. The van der Waals surface area contributed by atoms with Gasteiger partial charge in [-0.1, -0.05) is 18.2 Å². The Hall–Kier alpha value is -2.71. The molecule has 0 radical (unpaired) electrons. The minimum absolute atomic E-state index is 0.0453. The van der Waals surface area contributed by atoms with Crippen LogP contribution in [0.2, 0.25) is 0 Å². The zero-order valence-corrected chi connectivity index (χ0v) is 13.5. The zero-order chi connectivity index (χ0) is 17.3. The summed E-state index contributed by atoms with van der Waals surface area (Å²) in [6, 6.07) is 13.3. The van der Waals surface area contributed by atoms with Crippen molar-refractivity contribution in [1.29, 1.82) is 0 Å². The van der Waals surface area contributed by atoms with Crippen LogP contribution in [0.25, 0.3) is 11.0 Å². The van der Waals surface area contributed by atoms with Gasteiger partial charge in [-0.05, 0) is 31.2 Å². The maximum atomic E-state index is 12.4. The summed E-state index contributed by atoms with van der Waals surface area (Å²) < 4.78 is 32.9. The summed E-state index contributed by atoms with van der Waals surface area (Å²) in [4.78, 5) is 10.0. The number of sulfonamides is 1. The van der Waals surface area contributed by atoms with Crippen LogP contribution < -0.4 is 4.72 Å². The monoisotopic (exact) mass is 346 g/mol. The van der Waals surface area contributed by atoms with Crippen LogP contribution in [0.4, 0.5) is 5.69 Å². The molecule has 3 rings (SSSR count). The third kappa shape index (κ3) is 3.15. The summed E-state index contributed by atoms with van der Waals surface area (Å²) in [5, 5.41) is 11.5. The molecule has 0 aliphatic carbocycles. The molecule has 7 nitrogen and oxygen atoms in total. The van der Waals surface area contributed by atoms with Crippen LogP contribution >= 0.6 is 0 Å². The first-order valence-electron chi connectivity index (χ1n) is 7.12. The van der Waals surface area contributed by atoms with E-state index in [1.165, 1.54) is 12.1 Å². The maximum absolute atomic E-state index is 12.4. The fraction of sp³-hybridized carbons (Fsp3) is 0.125. The summed E-state index contributed by atoms with van der Waals surface area (Å²) in [6.45, 7) is 1.67. The molecular weight excluding hydrogens is 332 g/mol. The number of nitro benzene ring substituents is 1. The van der Waals surface area contributed by atoms with E-state index in [4.69, 9.17) is 4.42 Å². The first kappa shape index (κ1) is 16.2. The molecule has 0 aliphatic rings. The van der Waals surface area contributed by atoms with Crippen molar-refractivity contribution >= 4 is 26.7 Å². The largest absolute Gasteiger partial charge is 0.459 e. The molecule has 24 heavy (non-hydrogen) atoms. The fourth-order valence-electron chi connectivity index (χ4n) is 2.32. The number of hydrogen-bond donors (Lipinski definition) is 1. The first-order valence-corrected chi connectivity index (χ1v) is 8.60. The lowest BCUT2D eigenvalue weighted by atomic mass is 10.2. The van der Waals surface area contributed by atoms with Crippen molar-refractivity contribution in [2.24, 2.45) is 0 Å². The van der Waals surface area contributed by atoms with Crippen molar-refractivity contribution in [3.05, 3.63) is 70.5 Å². The van der Waals surface area contributed by atoms with E-state index in [1.54, 1.807) is 19.1 Å². The first-order chi connectivity index (χ1) is 11.4. The van der Waals surface area contributed by atoms with Crippen LogP contribution in [-0.2, 0) is 10.0 Å². The molecule has 0 aliphatic heterocycles. The van der Waals surface area contributed by atoms with Gasteiger partial charge in [-0.2, -0.15) is 0 Å². The molecule has 0 amide bonds. The molecule has 1 atom stereocenters. The molecule has 1 unspecified atom stereocenters. The zero-order valence-electron chi connectivity index (χ0n) is 12.7. The van der Waals surface area contributed by atoms with Gasteiger partial charge < -0.3 is 4.42 Å². The number of rotatable bonds is 5. The smallest absolute Gasteiger partial charge is 0.269 e. The Balaban J connectivity index is 1.83. The Morgan fingerprint density at radius 2 is 1.79 bits per heavy atom. The molecule has 0 bridgehead atoms. The Kier molecular flexibility index (Phi) is 4.08. The number of furan rings is 1. The molecular formula is C16H14N2O5S. The minimum Gasteiger partial charge on any atom is -0.459 e. The van der Waals surface area contributed by atoms with Crippen LogP contribution in [0.1, 0.15) is 18.7 Å². The SMILES string of the molecule is CC(NS(=O)(=O)c1ccc([N+](=O)[O-])cc1)c1cc2ccccc2o1. The van der Waals surface area contributed by atoms with Crippen LogP contribution in [-0.4, -0.2) is 13.3 Å². The van der Waals surface area contributed by atoms with Gasteiger partial charge in [0, 0.05) is 17.5 Å². The van der Waals surface area contributed by atoms with Crippen molar-refractivity contribution in [2.45, 2.75) is 17.9 Å². The predicted molar refractivity (Wildman–Crippen MR) is 88.0 cm³/mol. The number of non-ortho nitro benzene ring substituents is 1. The molecule has 1 N–H and O–H groups in total. The normalized spacial score (nSPS) is 13.0. The van der Waals surface area contributed by atoms with Gasteiger partial charge in [0.1, 0.15) is 11.3 Å². The highest BCUT2D eigenvalue weighted by atomic mass is 32.2. The third-order valence-corrected chi connectivity index (χ3v) is 5.12. The van der Waals surface area contributed by atoms with Gasteiger partial charge in [-0.3, -0.25) is 10.1 Å². The van der Waals surface area contributed by atoms with Gasteiger partial charge in [0.05, 0.1) is 15.9 Å².